The maximum absolute atomic E-state index is 12.6. The largest absolute Gasteiger partial charge is 0.383 e. The lowest BCUT2D eigenvalue weighted by atomic mass is 10.2. The van der Waals surface area contributed by atoms with Crippen LogP contribution in [0.5, 0.6) is 0 Å². The van der Waals surface area contributed by atoms with Crippen molar-refractivity contribution in [2.24, 2.45) is 0 Å². The first-order valence-electron chi connectivity index (χ1n) is 9.56. The first kappa shape index (κ1) is 18.4. The van der Waals surface area contributed by atoms with Gasteiger partial charge >= 0.3 is 0 Å². The SMILES string of the molecule is COCCn1cnc2cc(N3CCN(c4ccnc(C)c4)CC3)ccc2c1=O. The van der Waals surface area contributed by atoms with Crippen molar-refractivity contribution in [1.29, 1.82) is 0 Å². The van der Waals surface area contributed by atoms with E-state index in [9.17, 15) is 4.79 Å². The zero-order chi connectivity index (χ0) is 19.5. The van der Waals surface area contributed by atoms with Crippen LogP contribution in [0, 0.1) is 6.92 Å². The van der Waals surface area contributed by atoms with Crippen LogP contribution in [0.1, 0.15) is 5.69 Å². The molecule has 1 aliphatic heterocycles. The minimum Gasteiger partial charge on any atom is -0.383 e. The molecule has 3 aromatic rings. The number of benzene rings is 1. The molecule has 0 radical (unpaired) electrons. The van der Waals surface area contributed by atoms with Gasteiger partial charge in [-0.2, -0.15) is 0 Å². The summed E-state index contributed by atoms with van der Waals surface area (Å²) in [6.45, 7) is 6.78. The van der Waals surface area contributed by atoms with Crippen molar-refractivity contribution in [2.75, 3.05) is 49.7 Å². The van der Waals surface area contributed by atoms with Crippen molar-refractivity contribution in [3.05, 3.63) is 58.9 Å². The van der Waals surface area contributed by atoms with E-state index in [1.54, 1.807) is 18.0 Å². The van der Waals surface area contributed by atoms with Crippen molar-refractivity contribution in [1.82, 2.24) is 14.5 Å². The predicted octanol–water partition coefficient (Wildman–Crippen LogP) is 2.07. The number of nitrogens with zero attached hydrogens (tertiary/aromatic N) is 5. The van der Waals surface area contributed by atoms with Gasteiger partial charge in [-0.25, -0.2) is 4.98 Å². The lowest BCUT2D eigenvalue weighted by Gasteiger charge is -2.37. The Morgan fingerprint density at radius 2 is 1.71 bits per heavy atom. The average Bonchev–Trinajstić information content (AvgIpc) is 2.73. The number of pyridine rings is 1. The van der Waals surface area contributed by atoms with Gasteiger partial charge in [0, 0.05) is 56.6 Å². The Morgan fingerprint density at radius 1 is 1.00 bits per heavy atom. The summed E-state index contributed by atoms with van der Waals surface area (Å²) in [6.07, 6.45) is 3.47. The van der Waals surface area contributed by atoms with Crippen LogP contribution in [0.3, 0.4) is 0 Å². The van der Waals surface area contributed by atoms with Crippen LogP contribution in [-0.2, 0) is 11.3 Å². The number of piperazine rings is 1. The fraction of sp³-hybridized carbons (Fsp3) is 0.381. The molecule has 0 aliphatic carbocycles. The van der Waals surface area contributed by atoms with Crippen molar-refractivity contribution in [3.63, 3.8) is 0 Å². The summed E-state index contributed by atoms with van der Waals surface area (Å²) >= 11 is 0. The van der Waals surface area contributed by atoms with Crippen LogP contribution in [-0.4, -0.2) is 54.4 Å². The quantitative estimate of drug-likeness (QED) is 0.676. The highest BCUT2D eigenvalue weighted by Crippen LogP contribution is 2.23. The van der Waals surface area contributed by atoms with E-state index in [2.05, 4.69) is 31.9 Å². The van der Waals surface area contributed by atoms with Crippen LogP contribution in [0.2, 0.25) is 0 Å². The molecule has 1 fully saturated rings. The van der Waals surface area contributed by atoms with Gasteiger partial charge in [0.05, 0.1) is 30.4 Å². The molecule has 146 valence electrons. The summed E-state index contributed by atoms with van der Waals surface area (Å²) in [5.74, 6) is 0. The molecular formula is C21H25N5O2. The second kappa shape index (κ2) is 7.98. The molecule has 0 saturated carbocycles. The monoisotopic (exact) mass is 379 g/mol. The minimum absolute atomic E-state index is 0.0218. The number of hydrogen-bond donors (Lipinski definition) is 0. The molecule has 2 aromatic heterocycles. The standard InChI is InChI=1S/C21H25N5O2/c1-16-13-18(5-6-22-16)25-9-7-24(8-10-25)17-3-4-19-20(14-17)23-15-26(21(19)27)11-12-28-2/h3-6,13-15H,7-12H2,1-2H3. The Balaban J connectivity index is 1.50. The topological polar surface area (TPSA) is 63.5 Å². The van der Waals surface area contributed by atoms with Crippen molar-refractivity contribution in [2.45, 2.75) is 13.5 Å². The summed E-state index contributed by atoms with van der Waals surface area (Å²) in [5.41, 5.74) is 4.09. The second-order valence-electron chi connectivity index (χ2n) is 7.07. The summed E-state index contributed by atoms with van der Waals surface area (Å²) in [6, 6.07) is 10.1. The lowest BCUT2D eigenvalue weighted by Crippen LogP contribution is -2.46. The van der Waals surface area contributed by atoms with Gasteiger partial charge in [0.25, 0.3) is 5.56 Å². The van der Waals surface area contributed by atoms with Gasteiger partial charge in [0.15, 0.2) is 0 Å². The highest BCUT2D eigenvalue weighted by Gasteiger charge is 2.18. The van der Waals surface area contributed by atoms with Gasteiger partial charge in [0.2, 0.25) is 0 Å². The fourth-order valence-electron chi connectivity index (χ4n) is 3.64. The molecule has 7 heteroatoms. The normalized spacial score (nSPS) is 14.6. The van der Waals surface area contributed by atoms with E-state index < -0.39 is 0 Å². The molecule has 0 N–H and O–H groups in total. The molecule has 0 spiro atoms. The third-order valence-electron chi connectivity index (χ3n) is 5.24. The van der Waals surface area contributed by atoms with Crippen LogP contribution >= 0.6 is 0 Å². The van der Waals surface area contributed by atoms with E-state index in [0.717, 1.165) is 43.1 Å². The Morgan fingerprint density at radius 3 is 2.39 bits per heavy atom. The molecule has 0 bridgehead atoms. The molecule has 7 nitrogen and oxygen atoms in total. The number of ether oxygens (including phenoxy) is 1. The van der Waals surface area contributed by atoms with Gasteiger partial charge < -0.3 is 14.5 Å². The van der Waals surface area contributed by atoms with Gasteiger partial charge in [-0.3, -0.25) is 14.3 Å². The number of aromatic nitrogens is 3. The smallest absolute Gasteiger partial charge is 0.261 e. The first-order chi connectivity index (χ1) is 13.7. The van der Waals surface area contributed by atoms with Gasteiger partial charge in [-0.15, -0.1) is 0 Å². The molecule has 4 rings (SSSR count). The Labute approximate surface area is 164 Å². The average molecular weight is 379 g/mol. The first-order valence-corrected chi connectivity index (χ1v) is 9.56. The minimum atomic E-state index is -0.0218. The van der Waals surface area contributed by atoms with Gasteiger partial charge in [-0.1, -0.05) is 0 Å². The molecule has 0 unspecified atom stereocenters. The van der Waals surface area contributed by atoms with E-state index >= 15 is 0 Å². The zero-order valence-electron chi connectivity index (χ0n) is 16.3. The summed E-state index contributed by atoms with van der Waals surface area (Å²) in [4.78, 5) is 26.1. The van der Waals surface area contributed by atoms with E-state index in [-0.39, 0.29) is 5.56 Å². The molecule has 1 aliphatic rings. The van der Waals surface area contributed by atoms with Crippen molar-refractivity contribution >= 4 is 22.3 Å². The third-order valence-corrected chi connectivity index (χ3v) is 5.24. The highest BCUT2D eigenvalue weighted by atomic mass is 16.5. The molecule has 28 heavy (non-hydrogen) atoms. The maximum atomic E-state index is 12.6. The zero-order valence-corrected chi connectivity index (χ0v) is 16.3. The number of rotatable bonds is 5. The molecule has 3 heterocycles. The number of fused-ring (bicyclic) bond motifs is 1. The Hall–Kier alpha value is -2.93. The third kappa shape index (κ3) is 3.71. The molecule has 0 atom stereocenters. The summed E-state index contributed by atoms with van der Waals surface area (Å²) < 4.78 is 6.65. The van der Waals surface area contributed by atoms with E-state index in [1.165, 1.54) is 5.69 Å². The van der Waals surface area contributed by atoms with Gasteiger partial charge in [-0.05, 0) is 37.3 Å². The van der Waals surface area contributed by atoms with E-state index in [0.29, 0.717) is 18.5 Å². The predicted molar refractivity (Wildman–Crippen MR) is 111 cm³/mol. The lowest BCUT2D eigenvalue weighted by molar-refractivity contribution is 0.186. The fourth-order valence-corrected chi connectivity index (χ4v) is 3.64. The Kier molecular flexibility index (Phi) is 5.25. The van der Waals surface area contributed by atoms with E-state index in [1.807, 2.05) is 31.3 Å². The Bertz CT molecular complexity index is 1020. The van der Waals surface area contributed by atoms with Gasteiger partial charge in [0.1, 0.15) is 0 Å². The van der Waals surface area contributed by atoms with Crippen molar-refractivity contribution in [3.8, 4) is 0 Å². The summed E-state index contributed by atoms with van der Waals surface area (Å²) in [7, 11) is 1.63. The second-order valence-corrected chi connectivity index (χ2v) is 7.07. The molecule has 0 amide bonds. The highest BCUT2D eigenvalue weighted by molar-refractivity contribution is 5.81. The number of anilines is 2. The van der Waals surface area contributed by atoms with Crippen LogP contribution < -0.4 is 15.4 Å². The molecule has 1 saturated heterocycles. The number of methoxy groups -OCH3 is 1. The maximum Gasteiger partial charge on any atom is 0.261 e. The molecular weight excluding hydrogens is 354 g/mol. The van der Waals surface area contributed by atoms with Crippen molar-refractivity contribution < 1.29 is 4.74 Å². The number of hydrogen-bond acceptors (Lipinski definition) is 6. The van der Waals surface area contributed by atoms with Crippen LogP contribution in [0.4, 0.5) is 11.4 Å². The summed E-state index contributed by atoms with van der Waals surface area (Å²) in [5, 5.41) is 0.647. The van der Waals surface area contributed by atoms with Crippen LogP contribution in [0.15, 0.2) is 47.7 Å². The number of aryl methyl sites for hydroxylation is 1. The molecule has 1 aromatic carbocycles. The van der Waals surface area contributed by atoms with E-state index in [4.69, 9.17) is 4.74 Å². The van der Waals surface area contributed by atoms with Crippen LogP contribution in [0.25, 0.3) is 10.9 Å².